The van der Waals surface area contributed by atoms with Crippen LogP contribution in [0.25, 0.3) is 11.2 Å². The van der Waals surface area contributed by atoms with Crippen LogP contribution in [0.2, 0.25) is 18.1 Å². The van der Waals surface area contributed by atoms with E-state index in [1.807, 2.05) is 4.57 Å². The average molecular weight is 349 g/mol. The fourth-order valence-corrected chi connectivity index (χ4v) is 3.52. The van der Waals surface area contributed by atoms with Crippen molar-refractivity contribution in [2.24, 2.45) is 0 Å². The first-order valence-corrected chi connectivity index (χ1v) is 11.6. The molecule has 0 unspecified atom stereocenters. The zero-order valence-electron chi connectivity index (χ0n) is 15.3. The van der Waals surface area contributed by atoms with Gasteiger partial charge in [0.15, 0.2) is 14.0 Å². The summed E-state index contributed by atoms with van der Waals surface area (Å²) < 4.78 is 8.25. The van der Waals surface area contributed by atoms with Crippen molar-refractivity contribution in [2.45, 2.75) is 70.8 Å². The standard InChI is InChI=1S/C17H28N4O2Si/c1-17(2,3)24(4,5)23-9-8-21-14(11-22)19-13-10-18-15(12-6-7-12)20-16(13)21/h10,12,22H,6-9,11H2,1-5H3. The van der Waals surface area contributed by atoms with Crippen LogP contribution in [0, 0.1) is 0 Å². The van der Waals surface area contributed by atoms with Crippen LogP contribution in [0.5, 0.6) is 0 Å². The van der Waals surface area contributed by atoms with Crippen molar-refractivity contribution in [1.82, 2.24) is 19.5 Å². The van der Waals surface area contributed by atoms with Gasteiger partial charge in [0.1, 0.15) is 23.8 Å². The Kier molecular flexibility index (Phi) is 4.52. The highest BCUT2D eigenvalue weighted by Gasteiger charge is 2.37. The van der Waals surface area contributed by atoms with E-state index in [9.17, 15) is 5.11 Å². The Morgan fingerprint density at radius 2 is 2.00 bits per heavy atom. The highest BCUT2D eigenvalue weighted by Crippen LogP contribution is 2.38. The second kappa shape index (κ2) is 6.20. The Morgan fingerprint density at radius 3 is 2.58 bits per heavy atom. The lowest BCUT2D eigenvalue weighted by atomic mass is 10.2. The molecule has 0 aliphatic heterocycles. The maximum Gasteiger partial charge on any atom is 0.192 e. The van der Waals surface area contributed by atoms with E-state index in [0.717, 1.165) is 17.0 Å². The van der Waals surface area contributed by atoms with Crippen molar-refractivity contribution in [3.63, 3.8) is 0 Å². The molecule has 0 aromatic carbocycles. The molecule has 2 aromatic rings. The molecule has 0 radical (unpaired) electrons. The zero-order chi connectivity index (χ0) is 17.5. The van der Waals surface area contributed by atoms with Gasteiger partial charge in [0.2, 0.25) is 0 Å². The molecule has 2 heterocycles. The number of hydrogen-bond acceptors (Lipinski definition) is 5. The third kappa shape index (κ3) is 3.38. The summed E-state index contributed by atoms with van der Waals surface area (Å²) in [7, 11) is -1.78. The topological polar surface area (TPSA) is 73.1 Å². The molecule has 0 atom stereocenters. The minimum Gasteiger partial charge on any atom is -0.415 e. The molecule has 132 valence electrons. The average Bonchev–Trinajstić information content (AvgIpc) is 3.29. The lowest BCUT2D eigenvalue weighted by Crippen LogP contribution is -2.41. The molecule has 1 fully saturated rings. The first-order valence-electron chi connectivity index (χ1n) is 8.70. The van der Waals surface area contributed by atoms with Crippen molar-refractivity contribution >= 4 is 19.5 Å². The van der Waals surface area contributed by atoms with Crippen LogP contribution in [0.3, 0.4) is 0 Å². The highest BCUT2D eigenvalue weighted by atomic mass is 28.4. The van der Waals surface area contributed by atoms with Crippen LogP contribution < -0.4 is 0 Å². The highest BCUT2D eigenvalue weighted by molar-refractivity contribution is 6.74. The second-order valence-electron chi connectivity index (χ2n) is 8.16. The quantitative estimate of drug-likeness (QED) is 0.812. The smallest absolute Gasteiger partial charge is 0.192 e. The maximum atomic E-state index is 9.64. The van der Waals surface area contributed by atoms with E-state index in [0.29, 0.717) is 24.9 Å². The molecule has 2 aromatic heterocycles. The van der Waals surface area contributed by atoms with E-state index >= 15 is 0 Å². The minimum atomic E-state index is -1.78. The van der Waals surface area contributed by atoms with Gasteiger partial charge in [-0.1, -0.05) is 20.8 Å². The first-order chi connectivity index (χ1) is 11.2. The van der Waals surface area contributed by atoms with Crippen molar-refractivity contribution < 1.29 is 9.53 Å². The summed E-state index contributed by atoms with van der Waals surface area (Å²) in [6.45, 7) is 12.4. The number of nitrogens with zero attached hydrogens (tertiary/aromatic N) is 4. The van der Waals surface area contributed by atoms with Crippen LogP contribution >= 0.6 is 0 Å². The minimum absolute atomic E-state index is 0.102. The first kappa shape index (κ1) is 17.5. The maximum absolute atomic E-state index is 9.64. The van der Waals surface area contributed by atoms with Crippen LogP contribution in [-0.4, -0.2) is 39.5 Å². The Bertz CT molecular complexity index is 732. The van der Waals surface area contributed by atoms with Gasteiger partial charge < -0.3 is 14.1 Å². The lowest BCUT2D eigenvalue weighted by Gasteiger charge is -2.36. The van der Waals surface area contributed by atoms with Crippen molar-refractivity contribution in [2.75, 3.05) is 6.61 Å². The van der Waals surface area contributed by atoms with Crippen LogP contribution in [-0.2, 0) is 17.6 Å². The van der Waals surface area contributed by atoms with E-state index in [1.54, 1.807) is 6.20 Å². The molecule has 0 saturated heterocycles. The van der Waals surface area contributed by atoms with Gasteiger partial charge in [-0.2, -0.15) is 0 Å². The molecule has 0 spiro atoms. The number of aromatic nitrogens is 4. The number of rotatable bonds is 6. The summed E-state index contributed by atoms with van der Waals surface area (Å²) in [5.41, 5.74) is 1.56. The summed E-state index contributed by atoms with van der Waals surface area (Å²) >= 11 is 0. The van der Waals surface area contributed by atoms with Crippen LogP contribution in [0.1, 0.15) is 51.2 Å². The summed E-state index contributed by atoms with van der Waals surface area (Å²) in [6, 6.07) is 0. The Hall–Kier alpha value is -1.31. The van der Waals surface area contributed by atoms with Gasteiger partial charge in [-0.05, 0) is 31.0 Å². The van der Waals surface area contributed by atoms with E-state index in [1.165, 1.54) is 12.8 Å². The molecule has 24 heavy (non-hydrogen) atoms. The van der Waals surface area contributed by atoms with Crippen molar-refractivity contribution in [3.8, 4) is 0 Å². The summed E-state index contributed by atoms with van der Waals surface area (Å²) in [5.74, 6) is 2.03. The molecule has 7 heteroatoms. The van der Waals surface area contributed by atoms with Crippen LogP contribution in [0.15, 0.2) is 6.20 Å². The fourth-order valence-electron chi connectivity index (χ4n) is 2.48. The molecule has 1 aliphatic carbocycles. The predicted octanol–water partition coefficient (Wildman–Crippen LogP) is 3.22. The van der Waals surface area contributed by atoms with E-state index < -0.39 is 8.32 Å². The summed E-state index contributed by atoms with van der Waals surface area (Å²) in [4.78, 5) is 13.6. The largest absolute Gasteiger partial charge is 0.415 e. The molecule has 1 N–H and O–H groups in total. The van der Waals surface area contributed by atoms with Gasteiger partial charge in [0.25, 0.3) is 0 Å². The SMILES string of the molecule is CC(C)(C)[Si](C)(C)OCCn1c(CO)nc2cnc(C3CC3)nc21. The zero-order valence-corrected chi connectivity index (χ0v) is 16.3. The summed E-state index contributed by atoms with van der Waals surface area (Å²) in [5, 5.41) is 9.82. The Labute approximate surface area is 144 Å². The van der Waals surface area contributed by atoms with Gasteiger partial charge in [0.05, 0.1) is 12.8 Å². The number of imidazole rings is 1. The third-order valence-corrected chi connectivity index (χ3v) is 9.79. The number of fused-ring (bicyclic) bond motifs is 1. The number of aliphatic hydroxyl groups excluding tert-OH is 1. The Morgan fingerprint density at radius 1 is 1.29 bits per heavy atom. The van der Waals surface area contributed by atoms with E-state index in [4.69, 9.17) is 9.41 Å². The molecule has 1 aliphatic rings. The van der Waals surface area contributed by atoms with Gasteiger partial charge in [-0.15, -0.1) is 0 Å². The summed E-state index contributed by atoms with van der Waals surface area (Å²) in [6.07, 6.45) is 4.11. The van der Waals surface area contributed by atoms with Crippen molar-refractivity contribution in [1.29, 1.82) is 0 Å². The van der Waals surface area contributed by atoms with E-state index in [2.05, 4.69) is 43.8 Å². The van der Waals surface area contributed by atoms with E-state index in [-0.39, 0.29) is 11.6 Å². The Balaban J connectivity index is 1.81. The number of aliphatic hydroxyl groups is 1. The normalized spacial score (nSPS) is 16.1. The molecule has 1 saturated carbocycles. The predicted molar refractivity (Wildman–Crippen MR) is 96.4 cm³/mol. The molecular weight excluding hydrogens is 320 g/mol. The van der Waals surface area contributed by atoms with Gasteiger partial charge in [-0.3, -0.25) is 0 Å². The molecule has 0 bridgehead atoms. The van der Waals surface area contributed by atoms with Crippen molar-refractivity contribution in [3.05, 3.63) is 17.8 Å². The number of hydrogen-bond donors (Lipinski definition) is 1. The third-order valence-electron chi connectivity index (χ3n) is 5.25. The van der Waals surface area contributed by atoms with Gasteiger partial charge in [0, 0.05) is 12.5 Å². The lowest BCUT2D eigenvalue weighted by molar-refractivity contribution is 0.248. The molecule has 0 amide bonds. The van der Waals surface area contributed by atoms with Crippen LogP contribution in [0.4, 0.5) is 0 Å². The molecular formula is C17H28N4O2Si. The second-order valence-corrected chi connectivity index (χ2v) is 13.0. The molecule has 6 nitrogen and oxygen atoms in total. The fraction of sp³-hybridized carbons (Fsp3) is 0.706. The monoisotopic (exact) mass is 348 g/mol. The van der Waals surface area contributed by atoms with Gasteiger partial charge in [-0.25, -0.2) is 15.0 Å². The van der Waals surface area contributed by atoms with Gasteiger partial charge >= 0.3 is 0 Å². The molecule has 3 rings (SSSR count).